The molecule has 1 atom stereocenters. The van der Waals surface area contributed by atoms with E-state index >= 15 is 0 Å². The lowest BCUT2D eigenvalue weighted by molar-refractivity contribution is 0.0712. The van der Waals surface area contributed by atoms with Crippen molar-refractivity contribution in [3.05, 3.63) is 35.6 Å². The summed E-state index contributed by atoms with van der Waals surface area (Å²) in [6.07, 6.45) is 0.815. The molecule has 0 saturated carbocycles. The fraction of sp³-hybridized carbons (Fsp3) is 0.571. The monoisotopic (exact) mass is 255 g/mol. The fourth-order valence-electron chi connectivity index (χ4n) is 1.71. The summed E-state index contributed by atoms with van der Waals surface area (Å²) in [5.41, 5.74) is 1.01. The number of ether oxygens (including phenoxy) is 2. The topological polar surface area (TPSA) is 30.5 Å². The fourth-order valence-corrected chi connectivity index (χ4v) is 1.71. The van der Waals surface area contributed by atoms with Crippen LogP contribution >= 0.6 is 0 Å². The van der Waals surface area contributed by atoms with E-state index in [2.05, 4.69) is 12.2 Å². The van der Waals surface area contributed by atoms with Crippen LogP contribution in [0.25, 0.3) is 0 Å². The van der Waals surface area contributed by atoms with E-state index in [0.29, 0.717) is 25.9 Å². The van der Waals surface area contributed by atoms with Crippen molar-refractivity contribution in [2.45, 2.75) is 19.4 Å². The second-order valence-electron chi connectivity index (χ2n) is 4.29. The summed E-state index contributed by atoms with van der Waals surface area (Å²) in [6, 6.07) is 7.03. The Morgan fingerprint density at radius 3 is 2.83 bits per heavy atom. The van der Waals surface area contributed by atoms with Gasteiger partial charge >= 0.3 is 0 Å². The maximum absolute atomic E-state index is 13.0. The van der Waals surface area contributed by atoms with E-state index in [1.54, 1.807) is 19.2 Å². The van der Waals surface area contributed by atoms with Crippen LogP contribution in [-0.4, -0.2) is 39.5 Å². The maximum atomic E-state index is 13.0. The van der Waals surface area contributed by atoms with Crippen molar-refractivity contribution in [1.82, 2.24) is 5.32 Å². The summed E-state index contributed by atoms with van der Waals surface area (Å²) in [4.78, 5) is 0. The van der Waals surface area contributed by atoms with Crippen molar-refractivity contribution < 1.29 is 13.9 Å². The van der Waals surface area contributed by atoms with E-state index in [4.69, 9.17) is 9.47 Å². The molecular weight excluding hydrogens is 233 g/mol. The van der Waals surface area contributed by atoms with Crippen molar-refractivity contribution in [1.29, 1.82) is 0 Å². The van der Waals surface area contributed by atoms with Crippen LogP contribution in [0, 0.1) is 5.82 Å². The number of nitrogens with one attached hydrogen (secondary N) is 1. The number of hydrogen-bond donors (Lipinski definition) is 1. The van der Waals surface area contributed by atoms with Gasteiger partial charge in [0, 0.05) is 19.7 Å². The Bertz CT molecular complexity index is 333. The van der Waals surface area contributed by atoms with Gasteiger partial charge in [-0.1, -0.05) is 12.1 Å². The van der Waals surface area contributed by atoms with Crippen LogP contribution in [0.2, 0.25) is 0 Å². The van der Waals surface area contributed by atoms with Crippen molar-refractivity contribution in [2.24, 2.45) is 0 Å². The van der Waals surface area contributed by atoms with Gasteiger partial charge in [-0.3, -0.25) is 0 Å². The van der Waals surface area contributed by atoms with Gasteiger partial charge in [-0.05, 0) is 31.0 Å². The molecule has 1 N–H and O–H groups in total. The summed E-state index contributed by atoms with van der Waals surface area (Å²) in [5, 5.41) is 3.34. The first-order chi connectivity index (χ1) is 8.72. The minimum Gasteiger partial charge on any atom is -0.382 e. The largest absolute Gasteiger partial charge is 0.382 e. The maximum Gasteiger partial charge on any atom is 0.123 e. The SMILES string of the molecule is COCCOCCNC(C)Cc1cccc(F)c1. The molecule has 0 heterocycles. The van der Waals surface area contributed by atoms with Gasteiger partial charge in [0.25, 0.3) is 0 Å². The van der Waals surface area contributed by atoms with E-state index in [0.717, 1.165) is 18.5 Å². The summed E-state index contributed by atoms with van der Waals surface area (Å²) >= 11 is 0. The second kappa shape index (κ2) is 9.03. The third-order valence-corrected chi connectivity index (χ3v) is 2.60. The average molecular weight is 255 g/mol. The zero-order chi connectivity index (χ0) is 13.2. The Morgan fingerprint density at radius 1 is 1.28 bits per heavy atom. The molecule has 0 bridgehead atoms. The van der Waals surface area contributed by atoms with E-state index < -0.39 is 0 Å². The third kappa shape index (κ3) is 6.69. The second-order valence-corrected chi connectivity index (χ2v) is 4.29. The number of halogens is 1. The third-order valence-electron chi connectivity index (χ3n) is 2.60. The van der Waals surface area contributed by atoms with Gasteiger partial charge < -0.3 is 14.8 Å². The molecule has 1 aromatic carbocycles. The van der Waals surface area contributed by atoms with Crippen LogP contribution in [0.5, 0.6) is 0 Å². The molecule has 1 unspecified atom stereocenters. The first-order valence-electron chi connectivity index (χ1n) is 6.27. The standard InChI is InChI=1S/C14H22FNO2/c1-12(16-6-7-18-9-8-17-2)10-13-4-3-5-14(15)11-13/h3-5,11-12,16H,6-10H2,1-2H3. The Labute approximate surface area is 108 Å². The van der Waals surface area contributed by atoms with Crippen molar-refractivity contribution >= 4 is 0 Å². The Balaban J connectivity index is 2.12. The van der Waals surface area contributed by atoms with Gasteiger partial charge in [0.1, 0.15) is 5.82 Å². The van der Waals surface area contributed by atoms with Gasteiger partial charge in [-0.25, -0.2) is 4.39 Å². The molecule has 18 heavy (non-hydrogen) atoms. The quantitative estimate of drug-likeness (QED) is 0.685. The highest BCUT2D eigenvalue weighted by atomic mass is 19.1. The number of benzene rings is 1. The van der Waals surface area contributed by atoms with Crippen LogP contribution in [0.4, 0.5) is 4.39 Å². The summed E-state index contributed by atoms with van der Waals surface area (Å²) < 4.78 is 23.2. The lowest BCUT2D eigenvalue weighted by atomic mass is 10.1. The van der Waals surface area contributed by atoms with Crippen molar-refractivity contribution in [2.75, 3.05) is 33.5 Å². The number of hydrogen-bond acceptors (Lipinski definition) is 3. The first-order valence-corrected chi connectivity index (χ1v) is 6.27. The van der Waals surface area contributed by atoms with Gasteiger partial charge in [0.15, 0.2) is 0 Å². The first kappa shape index (κ1) is 15.1. The van der Waals surface area contributed by atoms with Crippen LogP contribution in [-0.2, 0) is 15.9 Å². The highest BCUT2D eigenvalue weighted by Gasteiger charge is 2.03. The van der Waals surface area contributed by atoms with Crippen molar-refractivity contribution in [3.63, 3.8) is 0 Å². The average Bonchev–Trinajstić information content (AvgIpc) is 2.33. The van der Waals surface area contributed by atoms with Gasteiger partial charge in [0.2, 0.25) is 0 Å². The molecule has 0 fully saturated rings. The molecular formula is C14H22FNO2. The molecule has 4 heteroatoms. The zero-order valence-corrected chi connectivity index (χ0v) is 11.1. The molecule has 1 rings (SSSR count). The summed E-state index contributed by atoms with van der Waals surface area (Å²) in [7, 11) is 1.66. The van der Waals surface area contributed by atoms with Crippen LogP contribution in [0.1, 0.15) is 12.5 Å². The molecule has 0 saturated heterocycles. The van der Waals surface area contributed by atoms with Gasteiger partial charge in [-0.2, -0.15) is 0 Å². The molecule has 0 spiro atoms. The molecule has 0 aliphatic rings. The molecule has 1 aromatic rings. The Hall–Kier alpha value is -0.970. The van der Waals surface area contributed by atoms with E-state index in [9.17, 15) is 4.39 Å². The zero-order valence-electron chi connectivity index (χ0n) is 11.1. The summed E-state index contributed by atoms with van der Waals surface area (Å²) in [5.74, 6) is -0.178. The minimum absolute atomic E-state index is 0.178. The minimum atomic E-state index is -0.178. The summed E-state index contributed by atoms with van der Waals surface area (Å²) in [6.45, 7) is 4.78. The lowest BCUT2D eigenvalue weighted by Gasteiger charge is -2.14. The van der Waals surface area contributed by atoms with Crippen LogP contribution in [0.3, 0.4) is 0 Å². The van der Waals surface area contributed by atoms with Crippen molar-refractivity contribution in [3.8, 4) is 0 Å². The molecule has 3 nitrogen and oxygen atoms in total. The molecule has 102 valence electrons. The Morgan fingerprint density at radius 2 is 2.11 bits per heavy atom. The number of methoxy groups -OCH3 is 1. The lowest BCUT2D eigenvalue weighted by Crippen LogP contribution is -2.31. The normalized spacial score (nSPS) is 12.6. The van der Waals surface area contributed by atoms with Crippen LogP contribution < -0.4 is 5.32 Å². The molecule has 0 aromatic heterocycles. The van der Waals surface area contributed by atoms with E-state index in [1.165, 1.54) is 6.07 Å². The highest BCUT2D eigenvalue weighted by molar-refractivity contribution is 5.17. The van der Waals surface area contributed by atoms with Gasteiger partial charge in [-0.15, -0.1) is 0 Å². The molecule has 0 radical (unpaired) electrons. The molecule has 0 aliphatic carbocycles. The number of rotatable bonds is 9. The molecule has 0 aliphatic heterocycles. The Kier molecular flexibility index (Phi) is 7.57. The molecule has 0 amide bonds. The van der Waals surface area contributed by atoms with E-state index in [-0.39, 0.29) is 5.82 Å². The van der Waals surface area contributed by atoms with Crippen LogP contribution in [0.15, 0.2) is 24.3 Å². The van der Waals surface area contributed by atoms with E-state index in [1.807, 2.05) is 6.07 Å². The predicted molar refractivity (Wildman–Crippen MR) is 70.3 cm³/mol. The highest BCUT2D eigenvalue weighted by Crippen LogP contribution is 2.06. The van der Waals surface area contributed by atoms with Gasteiger partial charge in [0.05, 0.1) is 19.8 Å². The smallest absolute Gasteiger partial charge is 0.123 e. The predicted octanol–water partition coefficient (Wildman–Crippen LogP) is 2.01.